The molecule has 0 saturated carbocycles. The van der Waals surface area contributed by atoms with Crippen molar-refractivity contribution >= 4 is 34.3 Å². The second-order valence-electron chi connectivity index (χ2n) is 6.34. The van der Waals surface area contributed by atoms with Gasteiger partial charge in [-0.2, -0.15) is 0 Å². The lowest BCUT2D eigenvalue weighted by Crippen LogP contribution is -2.01. The maximum Gasteiger partial charge on any atom is 0.336 e. The van der Waals surface area contributed by atoms with E-state index in [0.717, 1.165) is 27.5 Å². The van der Waals surface area contributed by atoms with Crippen molar-refractivity contribution < 1.29 is 9.52 Å². The van der Waals surface area contributed by atoms with E-state index >= 15 is 0 Å². The van der Waals surface area contributed by atoms with Gasteiger partial charge in [0.1, 0.15) is 11.3 Å². The maximum absolute atomic E-state index is 12.0. The van der Waals surface area contributed by atoms with E-state index in [4.69, 9.17) is 16.0 Å². The van der Waals surface area contributed by atoms with Crippen LogP contribution >= 0.6 is 23.4 Å². The maximum atomic E-state index is 12.0. The molecular formula is C20H16ClN3O3S. The molecule has 28 heavy (non-hydrogen) atoms. The Balaban J connectivity index is 1.65. The molecule has 6 nitrogen and oxygen atoms in total. The number of hydrogen-bond acceptors (Lipinski definition) is 6. The molecule has 0 bridgehead atoms. The van der Waals surface area contributed by atoms with Gasteiger partial charge in [0.2, 0.25) is 0 Å². The lowest BCUT2D eigenvalue weighted by molar-refractivity contribution is 0.468. The molecule has 0 spiro atoms. The number of rotatable bonds is 4. The third-order valence-corrected chi connectivity index (χ3v) is 5.83. The molecule has 142 valence electrons. The molecule has 4 rings (SSSR count). The van der Waals surface area contributed by atoms with Crippen molar-refractivity contribution in [3.05, 3.63) is 69.0 Å². The Morgan fingerprint density at radius 2 is 1.93 bits per heavy atom. The fourth-order valence-corrected chi connectivity index (χ4v) is 4.00. The van der Waals surface area contributed by atoms with Crippen molar-refractivity contribution in [2.75, 3.05) is 0 Å². The van der Waals surface area contributed by atoms with Gasteiger partial charge in [0.25, 0.3) is 0 Å². The first-order chi connectivity index (χ1) is 13.4. The summed E-state index contributed by atoms with van der Waals surface area (Å²) in [6, 6.07) is 12.2. The molecule has 0 aliphatic heterocycles. The van der Waals surface area contributed by atoms with Crippen LogP contribution in [0, 0.1) is 6.92 Å². The summed E-state index contributed by atoms with van der Waals surface area (Å²) in [5.41, 5.74) is 2.24. The highest BCUT2D eigenvalue weighted by Gasteiger charge is 2.14. The summed E-state index contributed by atoms with van der Waals surface area (Å²) in [7, 11) is 1.89. The van der Waals surface area contributed by atoms with Crippen LogP contribution in [0.25, 0.3) is 22.4 Å². The van der Waals surface area contributed by atoms with Crippen LogP contribution in [0.15, 0.2) is 56.8 Å². The normalized spacial score (nSPS) is 11.2. The lowest BCUT2D eigenvalue weighted by atomic mass is 10.1. The Bertz CT molecular complexity index is 1230. The Kier molecular flexibility index (Phi) is 4.87. The van der Waals surface area contributed by atoms with Crippen LogP contribution in [-0.2, 0) is 12.8 Å². The van der Waals surface area contributed by atoms with Crippen LogP contribution < -0.4 is 5.63 Å². The first-order valence-electron chi connectivity index (χ1n) is 8.47. The van der Waals surface area contributed by atoms with Crippen LogP contribution in [0.5, 0.6) is 5.75 Å². The largest absolute Gasteiger partial charge is 0.508 e. The summed E-state index contributed by atoms with van der Waals surface area (Å²) < 4.78 is 7.19. The summed E-state index contributed by atoms with van der Waals surface area (Å²) in [6.45, 7) is 1.72. The van der Waals surface area contributed by atoms with Crippen molar-refractivity contribution in [3.63, 3.8) is 0 Å². The zero-order valence-electron chi connectivity index (χ0n) is 15.1. The van der Waals surface area contributed by atoms with E-state index < -0.39 is 5.63 Å². The van der Waals surface area contributed by atoms with Gasteiger partial charge in [-0.3, -0.25) is 0 Å². The number of aromatic nitrogens is 3. The first kappa shape index (κ1) is 18.6. The Morgan fingerprint density at radius 3 is 2.68 bits per heavy atom. The predicted octanol–water partition coefficient (Wildman–Crippen LogP) is 4.55. The number of phenolic OH excluding ortho intramolecular Hbond substituents is 1. The molecule has 0 amide bonds. The van der Waals surface area contributed by atoms with Gasteiger partial charge < -0.3 is 14.1 Å². The topological polar surface area (TPSA) is 81.2 Å². The van der Waals surface area contributed by atoms with E-state index in [9.17, 15) is 9.90 Å². The minimum absolute atomic E-state index is 0.0985. The number of thioether (sulfide) groups is 1. The molecule has 8 heteroatoms. The highest BCUT2D eigenvalue weighted by atomic mass is 35.5. The molecule has 0 fully saturated rings. The summed E-state index contributed by atoms with van der Waals surface area (Å²) in [5.74, 6) is 1.34. The average Bonchev–Trinajstić information content (AvgIpc) is 3.04. The molecule has 2 aromatic heterocycles. The second-order valence-corrected chi connectivity index (χ2v) is 7.72. The molecule has 0 aliphatic carbocycles. The fourth-order valence-electron chi connectivity index (χ4n) is 2.97. The van der Waals surface area contributed by atoms with E-state index in [1.165, 1.54) is 17.8 Å². The lowest BCUT2D eigenvalue weighted by Gasteiger charge is -2.08. The smallest absolute Gasteiger partial charge is 0.336 e. The van der Waals surface area contributed by atoms with Gasteiger partial charge in [-0.25, -0.2) is 4.79 Å². The van der Waals surface area contributed by atoms with Crippen LogP contribution in [0.2, 0.25) is 5.02 Å². The molecule has 1 N–H and O–H groups in total. The standard InChI is InChI=1S/C20H16ClN3O3S/c1-11-16(25)8-7-15-13(9-17(26)27-18(11)15)10-28-20-23-22-19(24(20)2)12-3-5-14(21)6-4-12/h3-9,25H,10H2,1-2H3. The molecule has 2 aromatic carbocycles. The predicted molar refractivity (Wildman–Crippen MR) is 110 cm³/mol. The third kappa shape index (κ3) is 3.39. The number of halogens is 1. The van der Waals surface area contributed by atoms with E-state index in [-0.39, 0.29) is 5.75 Å². The summed E-state index contributed by atoms with van der Waals surface area (Å²) in [5, 5.41) is 20.6. The highest BCUT2D eigenvalue weighted by Crippen LogP contribution is 2.31. The molecule has 0 aliphatic rings. The molecule has 4 aromatic rings. The summed E-state index contributed by atoms with van der Waals surface area (Å²) >= 11 is 7.42. The van der Waals surface area contributed by atoms with E-state index in [1.807, 2.05) is 35.9 Å². The second kappa shape index (κ2) is 7.33. The quantitative estimate of drug-likeness (QED) is 0.390. The molecule has 0 unspecified atom stereocenters. The number of aromatic hydroxyl groups is 1. The Labute approximate surface area is 169 Å². The van der Waals surface area contributed by atoms with Crippen molar-refractivity contribution in [1.82, 2.24) is 14.8 Å². The number of fused-ring (bicyclic) bond motifs is 1. The number of phenols is 1. The van der Waals surface area contributed by atoms with Crippen molar-refractivity contribution in [2.45, 2.75) is 17.8 Å². The van der Waals surface area contributed by atoms with Gasteiger partial charge >= 0.3 is 5.63 Å². The van der Waals surface area contributed by atoms with Crippen molar-refractivity contribution in [3.8, 4) is 17.1 Å². The van der Waals surface area contributed by atoms with Crippen LogP contribution in [0.4, 0.5) is 0 Å². The number of benzene rings is 2. The molecule has 2 heterocycles. The van der Waals surface area contributed by atoms with E-state index in [1.54, 1.807) is 19.1 Å². The van der Waals surface area contributed by atoms with Gasteiger partial charge in [0.15, 0.2) is 11.0 Å². The Hall–Kier alpha value is -2.77. The van der Waals surface area contributed by atoms with Gasteiger partial charge in [-0.05, 0) is 48.9 Å². The SMILES string of the molecule is Cc1c(O)ccc2c(CSc3nnc(-c4ccc(Cl)cc4)n3C)cc(=O)oc12. The number of aryl methyl sites for hydroxylation is 1. The number of hydrogen-bond donors (Lipinski definition) is 1. The summed E-state index contributed by atoms with van der Waals surface area (Å²) in [4.78, 5) is 12.0. The third-order valence-electron chi connectivity index (χ3n) is 4.51. The van der Waals surface area contributed by atoms with E-state index in [0.29, 0.717) is 21.9 Å². The zero-order chi connectivity index (χ0) is 19.8. The zero-order valence-corrected chi connectivity index (χ0v) is 16.7. The van der Waals surface area contributed by atoms with Gasteiger partial charge in [-0.15, -0.1) is 10.2 Å². The van der Waals surface area contributed by atoms with Gasteiger partial charge in [0, 0.05) is 40.4 Å². The molecular weight excluding hydrogens is 398 g/mol. The van der Waals surface area contributed by atoms with Gasteiger partial charge in [0.05, 0.1) is 0 Å². The van der Waals surface area contributed by atoms with Crippen molar-refractivity contribution in [1.29, 1.82) is 0 Å². The first-order valence-corrected chi connectivity index (χ1v) is 9.84. The van der Waals surface area contributed by atoms with Crippen LogP contribution in [0.1, 0.15) is 11.1 Å². The van der Waals surface area contributed by atoms with Gasteiger partial charge in [-0.1, -0.05) is 23.4 Å². The fraction of sp³-hybridized carbons (Fsp3) is 0.150. The van der Waals surface area contributed by atoms with Crippen molar-refractivity contribution in [2.24, 2.45) is 7.05 Å². The Morgan fingerprint density at radius 1 is 1.18 bits per heavy atom. The number of nitrogens with zero attached hydrogens (tertiary/aromatic N) is 3. The molecule has 0 saturated heterocycles. The van der Waals surface area contributed by atoms with Crippen LogP contribution in [-0.4, -0.2) is 19.9 Å². The molecule has 0 radical (unpaired) electrons. The highest BCUT2D eigenvalue weighted by molar-refractivity contribution is 7.98. The minimum Gasteiger partial charge on any atom is -0.508 e. The minimum atomic E-state index is -0.448. The van der Waals surface area contributed by atoms with E-state index in [2.05, 4.69) is 10.2 Å². The van der Waals surface area contributed by atoms with Crippen LogP contribution in [0.3, 0.4) is 0 Å². The monoisotopic (exact) mass is 413 g/mol. The summed E-state index contributed by atoms with van der Waals surface area (Å²) in [6.07, 6.45) is 0. The molecule has 0 atom stereocenters. The average molecular weight is 414 g/mol.